The molecule has 6 heterocycles. The Bertz CT molecular complexity index is 4640. The van der Waals surface area contributed by atoms with Gasteiger partial charge in [-0.05, 0) is 130 Å². The highest BCUT2D eigenvalue weighted by Gasteiger charge is 2.46. The lowest BCUT2D eigenvalue weighted by Gasteiger charge is -2.31. The summed E-state index contributed by atoms with van der Waals surface area (Å²) in [5.41, 5.74) is 2.94. The number of rotatable bonds is 24. The molecule has 9 N–H and O–H groups in total. The third-order valence-corrected chi connectivity index (χ3v) is 23.8. The van der Waals surface area contributed by atoms with Crippen molar-refractivity contribution in [1.82, 2.24) is 46.4 Å². The Morgan fingerprint density at radius 1 is 0.627 bits per heavy atom. The number of halogens is 1. The number of aliphatic hydroxyl groups excluding tert-OH is 1. The molecule has 39 heteroatoms. The van der Waals surface area contributed by atoms with Crippen molar-refractivity contribution in [2.45, 2.75) is 175 Å². The number of carbonyl (C=O) groups excluding carboxylic acids is 14. The molecule has 3 aromatic carbocycles. The minimum Gasteiger partial charge on any atom is -0.493 e. The number of fused-ring (bicyclic) bond motifs is 40. The van der Waals surface area contributed by atoms with Crippen LogP contribution in [0.15, 0.2) is 81.9 Å². The minimum absolute atomic E-state index is 0.00609. The second-order valence-corrected chi connectivity index (χ2v) is 34.3. The molecule has 11 amide bonds. The molecule has 0 saturated carbocycles. The summed E-state index contributed by atoms with van der Waals surface area (Å²) in [5.74, 6) is -10.4. The molecule has 6 aliphatic rings. The molecule has 0 saturated heterocycles. The van der Waals surface area contributed by atoms with Gasteiger partial charge in [0.2, 0.25) is 51.4 Å². The van der Waals surface area contributed by atoms with E-state index in [1.54, 1.807) is 62.3 Å². The number of anilines is 3. The molecule has 0 aromatic heterocycles. The number of hydrogen-bond acceptors (Lipinski definition) is 25. The summed E-state index contributed by atoms with van der Waals surface area (Å²) in [6.45, 7) is 9.90. The van der Waals surface area contributed by atoms with Crippen LogP contribution in [0.25, 0.3) is 0 Å². The molecule has 0 aliphatic carbocycles. The zero-order chi connectivity index (χ0) is 91.7. The highest BCUT2D eigenvalue weighted by Crippen LogP contribution is 2.42. The largest absolute Gasteiger partial charge is 0.493 e. The molecule has 1 unspecified atom stereocenters. The van der Waals surface area contributed by atoms with Gasteiger partial charge in [-0.3, -0.25) is 62.3 Å². The molecule has 126 heavy (non-hydrogen) atoms. The summed E-state index contributed by atoms with van der Waals surface area (Å²) < 4.78 is 74.9. The molecule has 690 valence electrons. The Kier molecular flexibility index (Phi) is 40.1. The number of carbonyl (C=O) groups is 14. The van der Waals surface area contributed by atoms with Gasteiger partial charge in [0.15, 0.2) is 29.3 Å². The Morgan fingerprint density at radius 2 is 1.26 bits per heavy atom. The van der Waals surface area contributed by atoms with E-state index in [0.717, 1.165) is 16.0 Å². The first kappa shape index (κ1) is 101. The van der Waals surface area contributed by atoms with Crippen LogP contribution in [0.5, 0.6) is 17.2 Å². The smallest absolute Gasteiger partial charge is 0.416 e. The first-order valence-corrected chi connectivity index (χ1v) is 44.8. The number of benzene rings is 3. The van der Waals surface area contributed by atoms with Crippen LogP contribution in [0.4, 0.5) is 21.9 Å². The lowest BCUT2D eigenvalue weighted by atomic mass is 9.96. The van der Waals surface area contributed by atoms with Gasteiger partial charge < -0.3 is 94.9 Å². The van der Waals surface area contributed by atoms with Gasteiger partial charge >= 0.3 is 6.09 Å². The number of aryl methyl sites for hydroxylation is 1. The number of ether oxygens (including phenoxy) is 8. The van der Waals surface area contributed by atoms with Gasteiger partial charge in [-0.1, -0.05) is 62.1 Å². The number of amides is 11. The summed E-state index contributed by atoms with van der Waals surface area (Å²) in [6.07, 6.45) is 4.12. The van der Waals surface area contributed by atoms with Gasteiger partial charge in [0.1, 0.15) is 29.9 Å². The van der Waals surface area contributed by atoms with Crippen LogP contribution in [-0.2, 0) is 93.1 Å². The highest BCUT2D eigenvalue weighted by molar-refractivity contribution is 9.12. The minimum atomic E-state index is -4.66. The first-order chi connectivity index (χ1) is 60.2. The quantitative estimate of drug-likeness (QED) is 0.0423. The zero-order valence-electron chi connectivity index (χ0n) is 73.0. The maximum Gasteiger partial charge on any atom is 0.416 e. The predicted octanol–water partition coefficient (Wildman–Crippen LogP) is 4.96. The van der Waals surface area contributed by atoms with Crippen molar-refractivity contribution in [2.24, 2.45) is 11.8 Å². The van der Waals surface area contributed by atoms with Crippen LogP contribution >= 0.6 is 15.9 Å². The summed E-state index contributed by atoms with van der Waals surface area (Å²) in [6, 6.07) is 8.16. The fraction of sp³-hybridized carbons (Fsp3) is 0.563. The average Bonchev–Trinajstić information content (AvgIpc) is 1.59. The van der Waals surface area contributed by atoms with Gasteiger partial charge in [-0.2, -0.15) is 0 Å². The molecule has 0 fully saturated rings. The summed E-state index contributed by atoms with van der Waals surface area (Å²) in [7, 11) is -0.207. The number of aliphatic hydroxyl groups is 1. The number of hydrogen-bond donors (Lipinski definition) is 9. The van der Waals surface area contributed by atoms with E-state index in [4.69, 9.17) is 37.9 Å². The van der Waals surface area contributed by atoms with Crippen molar-refractivity contribution < 1.29 is 119 Å². The van der Waals surface area contributed by atoms with Gasteiger partial charge in [-0.25, -0.2) is 22.8 Å². The van der Waals surface area contributed by atoms with E-state index >= 15 is 0 Å². The fourth-order valence-electron chi connectivity index (χ4n) is 14.6. The Hall–Kier alpha value is -10.6. The van der Waals surface area contributed by atoms with Crippen LogP contribution in [0.1, 0.15) is 163 Å². The van der Waals surface area contributed by atoms with Gasteiger partial charge in [0, 0.05) is 114 Å². The van der Waals surface area contributed by atoms with Crippen molar-refractivity contribution in [3.63, 3.8) is 0 Å². The molecule has 3 aromatic rings. The molecule has 6 bridgehead atoms. The molecular formula is C87H119BrN12O25S. The number of nitrogens with zero attached hydrogens (tertiary/aromatic N) is 4. The molecule has 7 atom stereocenters. The topological polar surface area (TPSA) is 476 Å². The standard InChI is InChI=1S/C87H119BrN12O25S/c1-53-38-61-50-98-68-44-72(55(3)41-64(68)84(112)97(61)48-53)123-30-16-11-17-31-124-74-45-69-65(43-73(74)120-9)85(113)99-49-54(2)39-70(99)86(114)100(69)87(115)125-51-59-21-23-60(24-22-59)94-82(110)67(20-13-10-12-18-62(101)25-32-121-36-34-118-7)96-80(108)56(4)40-63(102)46-92-83(111)78(88)58(6)81(109)91-29-28-90-79(107)57(5)42-71(103)66(95-76(105)47-93-126(116,117)52-77(98)106)19-14-15-27-89-75(104)26-33-122-37-35-119-8/h21-24,38-39,41,43-45,56-57,61,66-67,70,86,93,114H,10-20,25-37,40,42,46-52H2,1-9H3,(H,89,104)(H,90,107)(H,91,109)(H,92,111)(H,94,110)(H,95,105)(H,96,108)/t56-,57+,61+,66-,67+,70+,86?/m1/s1. The van der Waals surface area contributed by atoms with E-state index in [1.807, 2.05) is 13.0 Å². The number of methoxy groups -OCH3 is 3. The zero-order valence-corrected chi connectivity index (χ0v) is 75.4. The lowest BCUT2D eigenvalue weighted by Crippen LogP contribution is -2.50. The average molecular weight is 1840 g/mol. The summed E-state index contributed by atoms with van der Waals surface area (Å²) >= 11 is 3.13. The second-order valence-electron chi connectivity index (χ2n) is 31.7. The maximum atomic E-state index is 14.6. The van der Waals surface area contributed by atoms with Crippen molar-refractivity contribution in [3.05, 3.63) is 104 Å². The maximum absolute atomic E-state index is 14.6. The number of ketones is 3. The van der Waals surface area contributed by atoms with Crippen LogP contribution in [0.2, 0.25) is 0 Å². The van der Waals surface area contributed by atoms with E-state index in [2.05, 4.69) is 57.9 Å². The normalized spacial score (nSPS) is 22.0. The lowest BCUT2D eigenvalue weighted by molar-refractivity contribution is -0.131. The highest BCUT2D eigenvalue weighted by atomic mass is 79.9. The predicted molar refractivity (Wildman–Crippen MR) is 466 cm³/mol. The molecular weight excluding hydrogens is 1720 g/mol. The Morgan fingerprint density at radius 3 is 1.97 bits per heavy atom. The van der Waals surface area contributed by atoms with E-state index < -0.39 is 148 Å². The SMILES string of the molecule is COCCOCCC(=O)CCCCC[C@@H]1NC(=O)[C@H](C)CC(=O)CNC(=O)C(Br)=C(C)C(=O)NCCNC(=O)[C@@H](C)CC(=O)[C@@H](CCCCNC(=O)CCOCCOC)NC(=O)CNS(=O)(=O)CC(=O)N2C[C@@H]3C=C(C)CN3C(=O)c3cc(C)c(cc32)OCCCCCOc2cc3c(cc2OC)C(=O)N2CC(C)=C[C@H]2C(O)N3C(=O)OCc2ccc(cc2)NC1=O. The Balaban J connectivity index is 1.01. The molecule has 37 nitrogen and oxygen atoms in total. The number of nitrogens with one attached hydrogen (secondary N) is 8. The fourth-order valence-corrected chi connectivity index (χ4v) is 15.8. The first-order valence-electron chi connectivity index (χ1n) is 42.4. The van der Waals surface area contributed by atoms with E-state index in [1.165, 1.54) is 63.0 Å². The van der Waals surface area contributed by atoms with Crippen molar-refractivity contribution >= 4 is 126 Å². The van der Waals surface area contributed by atoms with Crippen LogP contribution < -0.4 is 66.0 Å². The third kappa shape index (κ3) is 30.3. The van der Waals surface area contributed by atoms with Crippen LogP contribution in [0.3, 0.4) is 0 Å². The molecule has 0 radical (unpaired) electrons. The monoisotopic (exact) mass is 1840 g/mol. The van der Waals surface area contributed by atoms with Crippen LogP contribution in [-0.4, -0.2) is 269 Å². The van der Waals surface area contributed by atoms with Crippen molar-refractivity contribution in [3.8, 4) is 17.2 Å². The van der Waals surface area contributed by atoms with Gasteiger partial charge in [0.05, 0.1) is 125 Å². The van der Waals surface area contributed by atoms with Crippen LogP contribution in [0, 0.1) is 18.8 Å². The van der Waals surface area contributed by atoms with Gasteiger partial charge in [0.25, 0.3) is 17.7 Å². The number of sulfonamides is 1. The second kappa shape index (κ2) is 50.1. The van der Waals surface area contributed by atoms with E-state index in [0.29, 0.717) is 88.2 Å². The summed E-state index contributed by atoms with van der Waals surface area (Å²) in [4.78, 5) is 198. The van der Waals surface area contributed by atoms with Crippen molar-refractivity contribution in [1.29, 1.82) is 0 Å². The number of unbranched alkanes of at least 4 members (excludes halogenated alkanes) is 3. The summed E-state index contributed by atoms with van der Waals surface area (Å²) in [5, 5.41) is 30.7. The van der Waals surface area contributed by atoms with Crippen molar-refractivity contribution in [2.75, 3.05) is 147 Å². The van der Waals surface area contributed by atoms with Gasteiger partial charge in [-0.15, -0.1) is 0 Å². The Labute approximate surface area is 742 Å². The molecule has 9 rings (SSSR count). The molecule has 0 spiro atoms. The third-order valence-electron chi connectivity index (χ3n) is 21.6. The van der Waals surface area contributed by atoms with E-state index in [9.17, 15) is 80.6 Å². The number of Topliss-reactive ketones (excluding diaryl/α,β-unsaturated/α-hetero) is 3. The van der Waals surface area contributed by atoms with E-state index in [-0.39, 0.29) is 179 Å². The molecule has 6 aliphatic heterocycles.